The predicted molar refractivity (Wildman–Crippen MR) is 146 cm³/mol. The van der Waals surface area contributed by atoms with E-state index in [1.54, 1.807) is 53.7 Å². The monoisotopic (exact) mass is 538 g/mol. The van der Waals surface area contributed by atoms with E-state index in [2.05, 4.69) is 20.8 Å². The summed E-state index contributed by atoms with van der Waals surface area (Å²) < 4.78 is 30.9. The largest absolute Gasteiger partial charge is 0.444 e. The Morgan fingerprint density at radius 2 is 1.54 bits per heavy atom. The van der Waals surface area contributed by atoms with Crippen LogP contribution in [0.3, 0.4) is 0 Å². The maximum Gasteiger partial charge on any atom is 0.414 e. The number of ether oxygens (including phenoxy) is 2. The number of carbonyl (C=O) groups is 2. The van der Waals surface area contributed by atoms with Crippen molar-refractivity contribution in [2.75, 3.05) is 0 Å². The molecule has 3 rings (SSSR count). The van der Waals surface area contributed by atoms with Crippen molar-refractivity contribution in [3.05, 3.63) is 77.4 Å². The van der Waals surface area contributed by atoms with E-state index in [0.29, 0.717) is 17.0 Å². The lowest BCUT2D eigenvalue weighted by atomic mass is 9.95. The molecule has 1 heterocycles. The van der Waals surface area contributed by atoms with Crippen molar-refractivity contribution in [3.63, 3.8) is 0 Å². The Labute approximate surface area is 227 Å². The minimum absolute atomic E-state index is 0.0293. The molecule has 9 nitrogen and oxygen atoms in total. The highest BCUT2D eigenvalue weighted by Crippen LogP contribution is 2.30. The molecule has 2 aromatic carbocycles. The molecule has 3 aromatic rings. The van der Waals surface area contributed by atoms with Gasteiger partial charge in [-0.1, -0.05) is 54.5 Å². The van der Waals surface area contributed by atoms with E-state index in [1.807, 2.05) is 43.3 Å². The molecule has 208 valence electrons. The van der Waals surface area contributed by atoms with Gasteiger partial charge in [-0.15, -0.1) is 0 Å². The molecule has 0 aliphatic rings. The van der Waals surface area contributed by atoms with Crippen LogP contribution in [0.5, 0.6) is 0 Å². The number of benzene rings is 2. The topological polar surface area (TPSA) is 115 Å². The van der Waals surface area contributed by atoms with E-state index < -0.39 is 23.4 Å². The summed E-state index contributed by atoms with van der Waals surface area (Å²) in [5, 5.41) is 8.87. The maximum atomic E-state index is 14.9. The molecule has 2 N–H and O–H groups in total. The van der Waals surface area contributed by atoms with Gasteiger partial charge >= 0.3 is 12.2 Å². The zero-order valence-electron chi connectivity index (χ0n) is 23.3. The van der Waals surface area contributed by atoms with Crippen LogP contribution in [0.2, 0.25) is 0 Å². The van der Waals surface area contributed by atoms with E-state index in [-0.39, 0.29) is 24.2 Å². The fourth-order valence-corrected chi connectivity index (χ4v) is 3.49. The van der Waals surface area contributed by atoms with Crippen molar-refractivity contribution in [2.24, 2.45) is 4.99 Å². The first-order chi connectivity index (χ1) is 18.2. The Bertz CT molecular complexity index is 1290. The molecular formula is C29H35FN4O5. The molecule has 39 heavy (non-hydrogen) atoms. The summed E-state index contributed by atoms with van der Waals surface area (Å²) >= 11 is 0. The Morgan fingerprint density at radius 3 is 2.08 bits per heavy atom. The summed E-state index contributed by atoms with van der Waals surface area (Å²) in [6.45, 7) is 12.1. The molecule has 0 radical (unpaired) electrons. The minimum Gasteiger partial charge on any atom is -0.444 e. The number of aliphatic imine (C=N–C) groups is 1. The first kappa shape index (κ1) is 29.3. The van der Waals surface area contributed by atoms with Crippen molar-refractivity contribution in [1.82, 2.24) is 15.8 Å². The fraction of sp³-hybridized carbons (Fsp3) is 0.379. The van der Waals surface area contributed by atoms with Crippen LogP contribution in [0, 0.1) is 5.82 Å². The number of hydrogen-bond acceptors (Lipinski definition) is 7. The summed E-state index contributed by atoms with van der Waals surface area (Å²) in [5.41, 5.74) is 0.963. The van der Waals surface area contributed by atoms with Gasteiger partial charge in [0.05, 0.1) is 6.54 Å². The Hall–Kier alpha value is -4.21. The number of nitrogens with zero attached hydrogens (tertiary/aromatic N) is 2. The van der Waals surface area contributed by atoms with Gasteiger partial charge in [0.15, 0.2) is 0 Å². The van der Waals surface area contributed by atoms with Crippen LogP contribution in [0.1, 0.15) is 71.4 Å². The van der Waals surface area contributed by atoms with Crippen molar-refractivity contribution in [1.29, 1.82) is 0 Å². The number of carbonyl (C=O) groups excluding carboxylic acids is 2. The molecule has 1 atom stereocenters. The Kier molecular flexibility index (Phi) is 9.11. The molecule has 1 unspecified atom stereocenters. The summed E-state index contributed by atoms with van der Waals surface area (Å²) in [7, 11) is 0. The standard InChI is InChI=1S/C29H35FN4O5/c1-18(20-13-14-22(23(30)15-20)19-11-9-8-10-12-19)24-16-21(34-39-24)17-31-25(32-26(35)37-28(2,3)4)33-27(36)38-29(5,6)7/h8-16,18H,17H2,1-7H3,(H2,31,32,33,35,36). The fourth-order valence-electron chi connectivity index (χ4n) is 3.49. The lowest BCUT2D eigenvalue weighted by molar-refractivity contribution is 0.0545. The highest BCUT2D eigenvalue weighted by Gasteiger charge is 2.22. The SMILES string of the molecule is CC(c1ccc(-c2ccccc2)c(F)c1)c1cc(CN=C(NC(=O)OC(C)(C)C)NC(=O)OC(C)(C)C)no1. The zero-order chi connectivity index (χ0) is 28.8. The molecule has 10 heteroatoms. The number of guanidine groups is 1. The molecule has 0 saturated heterocycles. The third-order valence-electron chi connectivity index (χ3n) is 5.22. The summed E-state index contributed by atoms with van der Waals surface area (Å²) in [6, 6.07) is 16.1. The molecule has 0 fully saturated rings. The van der Waals surface area contributed by atoms with Gasteiger partial charge in [0.25, 0.3) is 0 Å². The number of nitrogens with one attached hydrogen (secondary N) is 2. The second-order valence-corrected chi connectivity index (χ2v) is 11.0. The first-order valence-electron chi connectivity index (χ1n) is 12.5. The molecule has 0 aliphatic carbocycles. The van der Waals surface area contributed by atoms with Gasteiger partial charge in [0.2, 0.25) is 5.96 Å². The van der Waals surface area contributed by atoms with E-state index in [9.17, 15) is 14.0 Å². The Morgan fingerprint density at radius 1 is 0.949 bits per heavy atom. The lowest BCUT2D eigenvalue weighted by Gasteiger charge is -2.22. The average molecular weight is 539 g/mol. The van der Waals surface area contributed by atoms with Crippen molar-refractivity contribution < 1.29 is 28.0 Å². The van der Waals surface area contributed by atoms with Crippen LogP contribution < -0.4 is 10.6 Å². The average Bonchev–Trinajstić information content (AvgIpc) is 3.29. The van der Waals surface area contributed by atoms with Gasteiger partial charge in [-0.3, -0.25) is 10.6 Å². The van der Waals surface area contributed by atoms with Gasteiger partial charge < -0.3 is 14.0 Å². The van der Waals surface area contributed by atoms with Crippen LogP contribution >= 0.6 is 0 Å². The van der Waals surface area contributed by atoms with E-state index in [4.69, 9.17) is 14.0 Å². The molecule has 1 aromatic heterocycles. The highest BCUT2D eigenvalue weighted by molar-refractivity contribution is 6.01. The number of aromatic nitrogens is 1. The summed E-state index contributed by atoms with van der Waals surface area (Å²) in [6.07, 6.45) is -1.60. The third kappa shape index (κ3) is 9.24. The van der Waals surface area contributed by atoms with Crippen molar-refractivity contribution in [3.8, 4) is 11.1 Å². The molecule has 0 spiro atoms. The van der Waals surface area contributed by atoms with Crippen molar-refractivity contribution in [2.45, 2.75) is 72.1 Å². The summed E-state index contributed by atoms with van der Waals surface area (Å²) in [4.78, 5) is 28.8. The molecule has 0 bridgehead atoms. The first-order valence-corrected chi connectivity index (χ1v) is 12.5. The second-order valence-electron chi connectivity index (χ2n) is 11.0. The van der Waals surface area contributed by atoms with E-state index >= 15 is 0 Å². The number of alkyl carbamates (subject to hydrolysis) is 2. The van der Waals surface area contributed by atoms with Gasteiger partial charge in [0.1, 0.15) is 28.5 Å². The van der Waals surface area contributed by atoms with Gasteiger partial charge in [-0.05, 0) is 58.7 Å². The minimum atomic E-state index is -0.798. The smallest absolute Gasteiger partial charge is 0.414 e. The van der Waals surface area contributed by atoms with Gasteiger partial charge in [-0.25, -0.2) is 19.0 Å². The maximum absolute atomic E-state index is 14.9. The third-order valence-corrected chi connectivity index (χ3v) is 5.22. The van der Waals surface area contributed by atoms with Crippen LogP contribution in [0.15, 0.2) is 64.1 Å². The number of hydrogen-bond donors (Lipinski definition) is 2. The molecule has 0 aliphatic heterocycles. The summed E-state index contributed by atoms with van der Waals surface area (Å²) in [5.74, 6) is -0.279. The van der Waals surface area contributed by atoms with Crippen molar-refractivity contribution >= 4 is 18.1 Å². The van der Waals surface area contributed by atoms with E-state index in [1.165, 1.54) is 6.07 Å². The van der Waals surface area contributed by atoms with Crippen LogP contribution in [-0.4, -0.2) is 34.5 Å². The van der Waals surface area contributed by atoms with Gasteiger partial charge in [-0.2, -0.15) is 0 Å². The highest BCUT2D eigenvalue weighted by atomic mass is 19.1. The van der Waals surface area contributed by atoms with Gasteiger partial charge in [0, 0.05) is 17.5 Å². The lowest BCUT2D eigenvalue weighted by Crippen LogP contribution is -2.47. The Balaban J connectivity index is 1.74. The predicted octanol–water partition coefficient (Wildman–Crippen LogP) is 6.54. The van der Waals surface area contributed by atoms with Crippen LogP contribution in [-0.2, 0) is 16.0 Å². The normalized spacial score (nSPS) is 12.3. The quantitative estimate of drug-likeness (QED) is 0.282. The molecular weight excluding hydrogens is 503 g/mol. The second kappa shape index (κ2) is 12.1. The van der Waals surface area contributed by atoms with Crippen LogP contribution in [0.4, 0.5) is 14.0 Å². The molecule has 2 amide bonds. The van der Waals surface area contributed by atoms with Crippen LogP contribution in [0.25, 0.3) is 11.1 Å². The number of halogens is 1. The van der Waals surface area contributed by atoms with E-state index in [0.717, 1.165) is 11.1 Å². The molecule has 0 saturated carbocycles. The number of rotatable bonds is 5. The number of amides is 2. The zero-order valence-corrected chi connectivity index (χ0v) is 23.3.